The molecule has 1 saturated carbocycles. The molecule has 0 amide bonds. The van der Waals surface area contributed by atoms with Gasteiger partial charge < -0.3 is 10.6 Å². The molecule has 1 aliphatic carbocycles. The molecule has 3 rings (SSSR count). The topological polar surface area (TPSA) is 49.8 Å². The van der Waals surface area contributed by atoms with Crippen LogP contribution in [0.15, 0.2) is 24.3 Å². The lowest BCUT2D eigenvalue weighted by Gasteiger charge is -2.14. The Kier molecular flexibility index (Phi) is 4.18. The maximum absolute atomic E-state index is 13.7. The molecule has 1 aliphatic rings. The number of halogens is 2. The molecule has 116 valence electrons. The molecule has 0 spiro atoms. The van der Waals surface area contributed by atoms with Crippen molar-refractivity contribution >= 4 is 17.5 Å². The first-order valence-electron chi connectivity index (χ1n) is 7.44. The van der Waals surface area contributed by atoms with Crippen molar-refractivity contribution < 1.29 is 8.78 Å². The zero-order chi connectivity index (χ0) is 15.5. The third-order valence-electron chi connectivity index (χ3n) is 3.74. The Bertz CT molecular complexity index is 669. The quantitative estimate of drug-likeness (QED) is 0.890. The largest absolute Gasteiger partial charge is 0.367 e. The fraction of sp³-hybridized carbons (Fsp3) is 0.375. The van der Waals surface area contributed by atoms with Gasteiger partial charge in [0.1, 0.15) is 17.5 Å². The van der Waals surface area contributed by atoms with Crippen LogP contribution in [0.1, 0.15) is 31.4 Å². The Morgan fingerprint density at radius 3 is 2.59 bits per heavy atom. The van der Waals surface area contributed by atoms with Crippen molar-refractivity contribution in [3.05, 3.63) is 41.6 Å². The number of hydrogen-bond acceptors (Lipinski definition) is 4. The Morgan fingerprint density at radius 2 is 1.86 bits per heavy atom. The lowest BCUT2D eigenvalue weighted by Crippen LogP contribution is -2.16. The summed E-state index contributed by atoms with van der Waals surface area (Å²) in [7, 11) is 0. The molecule has 1 fully saturated rings. The summed E-state index contributed by atoms with van der Waals surface area (Å²) in [6.45, 7) is 1.85. The van der Waals surface area contributed by atoms with Gasteiger partial charge in [0.05, 0.1) is 5.69 Å². The van der Waals surface area contributed by atoms with E-state index in [-0.39, 0.29) is 5.69 Å². The first kappa shape index (κ1) is 14.7. The van der Waals surface area contributed by atoms with Crippen molar-refractivity contribution in [2.45, 2.75) is 38.6 Å². The number of aromatic nitrogens is 2. The van der Waals surface area contributed by atoms with E-state index >= 15 is 0 Å². The highest BCUT2D eigenvalue weighted by atomic mass is 19.1. The van der Waals surface area contributed by atoms with Gasteiger partial charge in [-0.05, 0) is 31.9 Å². The van der Waals surface area contributed by atoms with Crippen LogP contribution in [0.3, 0.4) is 0 Å². The number of aryl methyl sites for hydroxylation is 1. The molecule has 4 nitrogen and oxygen atoms in total. The molecule has 1 heterocycles. The van der Waals surface area contributed by atoms with Gasteiger partial charge in [0, 0.05) is 23.9 Å². The van der Waals surface area contributed by atoms with Crippen LogP contribution in [0.4, 0.5) is 26.2 Å². The number of hydrogen-bond donors (Lipinski definition) is 2. The number of rotatable bonds is 4. The van der Waals surface area contributed by atoms with Gasteiger partial charge in [0.2, 0.25) is 5.95 Å². The number of nitrogens with zero attached hydrogens (tertiary/aromatic N) is 2. The second-order valence-electron chi connectivity index (χ2n) is 5.59. The highest BCUT2D eigenvalue weighted by Gasteiger charge is 2.16. The fourth-order valence-corrected chi connectivity index (χ4v) is 2.69. The van der Waals surface area contributed by atoms with Crippen LogP contribution >= 0.6 is 0 Å². The van der Waals surface area contributed by atoms with Crippen LogP contribution < -0.4 is 10.6 Å². The van der Waals surface area contributed by atoms with Crippen LogP contribution in [-0.4, -0.2) is 16.0 Å². The van der Waals surface area contributed by atoms with E-state index in [1.54, 1.807) is 0 Å². The summed E-state index contributed by atoms with van der Waals surface area (Å²) < 4.78 is 26.6. The average Bonchev–Trinajstić information content (AvgIpc) is 2.94. The van der Waals surface area contributed by atoms with E-state index in [4.69, 9.17) is 0 Å². The van der Waals surface area contributed by atoms with Gasteiger partial charge in [-0.25, -0.2) is 13.8 Å². The monoisotopic (exact) mass is 304 g/mol. The van der Waals surface area contributed by atoms with Gasteiger partial charge in [-0.2, -0.15) is 4.98 Å². The van der Waals surface area contributed by atoms with Gasteiger partial charge >= 0.3 is 0 Å². The van der Waals surface area contributed by atoms with Crippen LogP contribution in [0.2, 0.25) is 0 Å². The number of nitrogens with one attached hydrogen (secondary N) is 2. The Labute approximate surface area is 128 Å². The van der Waals surface area contributed by atoms with E-state index in [0.29, 0.717) is 12.0 Å². The summed E-state index contributed by atoms with van der Waals surface area (Å²) in [5, 5.41) is 6.19. The van der Waals surface area contributed by atoms with E-state index in [1.165, 1.54) is 25.0 Å². The summed E-state index contributed by atoms with van der Waals surface area (Å²) in [5.41, 5.74) is 0.930. The minimum Gasteiger partial charge on any atom is -0.367 e. The molecule has 22 heavy (non-hydrogen) atoms. The number of anilines is 3. The van der Waals surface area contributed by atoms with Gasteiger partial charge in [0.15, 0.2) is 0 Å². The molecule has 2 aromatic rings. The Balaban J connectivity index is 1.79. The SMILES string of the molecule is Cc1cc(NC2CCCC2)nc(Nc2ccc(F)cc2F)n1. The highest BCUT2D eigenvalue weighted by molar-refractivity contribution is 5.56. The van der Waals surface area contributed by atoms with Crippen LogP contribution in [0.5, 0.6) is 0 Å². The zero-order valence-electron chi connectivity index (χ0n) is 12.4. The van der Waals surface area contributed by atoms with Crippen LogP contribution in [0, 0.1) is 18.6 Å². The molecular weight excluding hydrogens is 286 g/mol. The van der Waals surface area contributed by atoms with Gasteiger partial charge in [-0.3, -0.25) is 0 Å². The summed E-state index contributed by atoms with van der Waals surface area (Å²) in [6.07, 6.45) is 4.73. The molecule has 1 aromatic carbocycles. The van der Waals surface area contributed by atoms with E-state index in [0.717, 1.165) is 30.4 Å². The maximum atomic E-state index is 13.7. The van der Waals surface area contributed by atoms with Crippen molar-refractivity contribution in [3.8, 4) is 0 Å². The smallest absolute Gasteiger partial charge is 0.229 e. The van der Waals surface area contributed by atoms with Gasteiger partial charge in [-0.1, -0.05) is 12.8 Å². The van der Waals surface area contributed by atoms with Crippen molar-refractivity contribution in [1.82, 2.24) is 9.97 Å². The summed E-state index contributed by atoms with van der Waals surface area (Å²) >= 11 is 0. The predicted octanol–water partition coefficient (Wildman–Crippen LogP) is 4.16. The van der Waals surface area contributed by atoms with E-state index in [9.17, 15) is 8.78 Å². The zero-order valence-corrected chi connectivity index (χ0v) is 12.4. The van der Waals surface area contributed by atoms with Crippen LogP contribution in [-0.2, 0) is 0 Å². The van der Waals surface area contributed by atoms with Gasteiger partial charge in [0.25, 0.3) is 0 Å². The Morgan fingerprint density at radius 1 is 1.09 bits per heavy atom. The summed E-state index contributed by atoms with van der Waals surface area (Å²) in [4.78, 5) is 8.61. The normalized spacial score (nSPS) is 15.0. The first-order chi connectivity index (χ1) is 10.6. The van der Waals surface area contributed by atoms with Crippen molar-refractivity contribution in [2.75, 3.05) is 10.6 Å². The molecule has 1 aromatic heterocycles. The molecule has 6 heteroatoms. The lowest BCUT2D eigenvalue weighted by atomic mass is 10.2. The second kappa shape index (κ2) is 6.25. The van der Waals surface area contributed by atoms with Crippen molar-refractivity contribution in [3.63, 3.8) is 0 Å². The Hall–Kier alpha value is -2.24. The second-order valence-corrected chi connectivity index (χ2v) is 5.59. The molecule has 0 bridgehead atoms. The maximum Gasteiger partial charge on any atom is 0.229 e. The molecule has 2 N–H and O–H groups in total. The molecule has 0 radical (unpaired) electrons. The molecule has 0 atom stereocenters. The summed E-state index contributed by atoms with van der Waals surface area (Å²) in [6, 6.07) is 5.66. The molecular formula is C16H18F2N4. The molecule has 0 aliphatic heterocycles. The first-order valence-corrected chi connectivity index (χ1v) is 7.44. The molecule has 0 saturated heterocycles. The standard InChI is InChI=1S/C16H18F2N4/c1-10-8-15(20-12-4-2-3-5-12)22-16(19-10)21-14-7-6-11(17)9-13(14)18/h6-9,12H,2-5H2,1H3,(H2,19,20,21,22). The van der Waals surface area contributed by atoms with Crippen molar-refractivity contribution in [2.24, 2.45) is 0 Å². The van der Waals surface area contributed by atoms with Gasteiger partial charge in [-0.15, -0.1) is 0 Å². The number of benzene rings is 1. The van der Waals surface area contributed by atoms with E-state index in [1.807, 2.05) is 13.0 Å². The minimum atomic E-state index is -0.671. The third-order valence-corrected chi connectivity index (χ3v) is 3.74. The fourth-order valence-electron chi connectivity index (χ4n) is 2.69. The summed E-state index contributed by atoms with van der Waals surface area (Å²) in [5.74, 6) is -0.261. The molecule has 0 unspecified atom stereocenters. The lowest BCUT2D eigenvalue weighted by molar-refractivity contribution is 0.586. The minimum absolute atomic E-state index is 0.152. The van der Waals surface area contributed by atoms with Crippen molar-refractivity contribution in [1.29, 1.82) is 0 Å². The third kappa shape index (κ3) is 3.50. The van der Waals surface area contributed by atoms with E-state index < -0.39 is 11.6 Å². The van der Waals surface area contributed by atoms with Crippen LogP contribution in [0.25, 0.3) is 0 Å². The van der Waals surface area contributed by atoms with E-state index in [2.05, 4.69) is 20.6 Å². The highest BCUT2D eigenvalue weighted by Crippen LogP contribution is 2.23. The average molecular weight is 304 g/mol. The predicted molar refractivity (Wildman–Crippen MR) is 82.3 cm³/mol.